The van der Waals surface area contributed by atoms with Gasteiger partial charge in [-0.2, -0.15) is 0 Å². The van der Waals surface area contributed by atoms with Gasteiger partial charge in [-0.1, -0.05) is 0 Å². The van der Waals surface area contributed by atoms with Gasteiger partial charge in [-0.25, -0.2) is 4.79 Å². The molecule has 1 fully saturated rings. The highest BCUT2D eigenvalue weighted by atomic mass is 16.6. The van der Waals surface area contributed by atoms with Crippen LogP contribution in [0.3, 0.4) is 0 Å². The van der Waals surface area contributed by atoms with Crippen LogP contribution in [0.5, 0.6) is 11.5 Å². The predicted molar refractivity (Wildman–Crippen MR) is 86.4 cm³/mol. The number of ether oxygens (including phenoxy) is 3. The lowest BCUT2D eigenvalue weighted by molar-refractivity contribution is -0.119. The van der Waals surface area contributed by atoms with Crippen molar-refractivity contribution in [3.05, 3.63) is 18.2 Å². The molecule has 0 aliphatic carbocycles. The molecule has 0 saturated carbocycles. The van der Waals surface area contributed by atoms with Crippen LogP contribution in [-0.2, 0) is 9.53 Å². The lowest BCUT2D eigenvalue weighted by atomic mass is 10.2. The minimum atomic E-state index is -0.587. The Balaban J connectivity index is 1.40. The normalized spacial score (nSPS) is 18.9. The maximum absolute atomic E-state index is 11.8. The number of urea groups is 1. The fraction of sp³-hybridized carbons (Fsp3) is 0.500. The van der Waals surface area contributed by atoms with Gasteiger partial charge in [-0.05, 0) is 25.0 Å². The van der Waals surface area contributed by atoms with Crippen molar-refractivity contribution in [2.45, 2.75) is 18.9 Å². The van der Waals surface area contributed by atoms with E-state index in [4.69, 9.17) is 14.2 Å². The molecule has 8 heteroatoms. The van der Waals surface area contributed by atoms with Crippen molar-refractivity contribution in [3.8, 4) is 11.5 Å². The minimum absolute atomic E-state index is 0.0639. The van der Waals surface area contributed by atoms with Gasteiger partial charge in [0.25, 0.3) is 0 Å². The van der Waals surface area contributed by atoms with Gasteiger partial charge in [0, 0.05) is 24.9 Å². The van der Waals surface area contributed by atoms with E-state index in [2.05, 4.69) is 16.0 Å². The molecule has 8 nitrogen and oxygen atoms in total. The van der Waals surface area contributed by atoms with Gasteiger partial charge >= 0.3 is 6.03 Å². The van der Waals surface area contributed by atoms with Crippen molar-refractivity contribution in [1.29, 1.82) is 0 Å². The molecular weight excluding hydrogens is 314 g/mol. The Labute approximate surface area is 139 Å². The lowest BCUT2D eigenvalue weighted by Gasteiger charge is -2.19. The van der Waals surface area contributed by atoms with Crippen molar-refractivity contribution >= 4 is 17.6 Å². The first-order valence-electron chi connectivity index (χ1n) is 8.03. The Kier molecular flexibility index (Phi) is 5.50. The number of carbonyl (C=O) groups is 2. The van der Waals surface area contributed by atoms with Crippen LogP contribution in [0, 0.1) is 0 Å². The van der Waals surface area contributed by atoms with Crippen LogP contribution in [0.1, 0.15) is 12.8 Å². The summed E-state index contributed by atoms with van der Waals surface area (Å²) in [6.07, 6.45) is 2.21. The van der Waals surface area contributed by atoms with E-state index in [9.17, 15) is 9.59 Å². The Morgan fingerprint density at radius 1 is 1.12 bits per heavy atom. The van der Waals surface area contributed by atoms with Gasteiger partial charge in [-0.3, -0.25) is 10.1 Å². The molecule has 3 rings (SSSR count). The van der Waals surface area contributed by atoms with Crippen LogP contribution >= 0.6 is 0 Å². The van der Waals surface area contributed by atoms with Gasteiger partial charge in [0.2, 0.25) is 5.91 Å². The second-order valence-electron chi connectivity index (χ2n) is 5.63. The van der Waals surface area contributed by atoms with E-state index in [1.165, 1.54) is 0 Å². The van der Waals surface area contributed by atoms with Crippen LogP contribution in [0.4, 0.5) is 10.5 Å². The maximum Gasteiger partial charge on any atom is 0.325 e. The van der Waals surface area contributed by atoms with E-state index in [-0.39, 0.29) is 12.6 Å². The number of hydrogen-bond acceptors (Lipinski definition) is 6. The molecule has 1 saturated heterocycles. The number of imide groups is 1. The van der Waals surface area contributed by atoms with Crippen molar-refractivity contribution in [3.63, 3.8) is 0 Å². The molecule has 0 unspecified atom stereocenters. The molecule has 2 aliphatic heterocycles. The van der Waals surface area contributed by atoms with Crippen molar-refractivity contribution in [2.75, 3.05) is 38.2 Å². The van der Waals surface area contributed by atoms with Gasteiger partial charge in [0.05, 0.1) is 12.6 Å². The number of fused-ring (bicyclic) bond motifs is 1. The third-order valence-electron chi connectivity index (χ3n) is 3.73. The molecule has 0 spiro atoms. The SMILES string of the molecule is O=C(CNC[C@H]1CCCO1)NC(=O)Nc1ccc2c(c1)OCCO2. The topological polar surface area (TPSA) is 97.9 Å². The van der Waals surface area contributed by atoms with Crippen LogP contribution in [0.25, 0.3) is 0 Å². The quantitative estimate of drug-likeness (QED) is 0.739. The van der Waals surface area contributed by atoms with Crippen LogP contribution in [0.15, 0.2) is 18.2 Å². The monoisotopic (exact) mass is 335 g/mol. The van der Waals surface area contributed by atoms with Crippen molar-refractivity contribution in [2.24, 2.45) is 0 Å². The Hall–Kier alpha value is -2.32. The summed E-state index contributed by atoms with van der Waals surface area (Å²) in [6, 6.07) is 4.48. The summed E-state index contributed by atoms with van der Waals surface area (Å²) < 4.78 is 16.3. The van der Waals surface area contributed by atoms with E-state index >= 15 is 0 Å². The third kappa shape index (κ3) is 4.59. The van der Waals surface area contributed by atoms with Gasteiger partial charge in [0.15, 0.2) is 11.5 Å². The fourth-order valence-electron chi connectivity index (χ4n) is 2.61. The molecular formula is C16H21N3O5. The summed E-state index contributed by atoms with van der Waals surface area (Å²) in [5.74, 6) is 0.813. The van der Waals surface area contributed by atoms with Crippen LogP contribution < -0.4 is 25.4 Å². The second kappa shape index (κ2) is 7.98. The zero-order valence-corrected chi connectivity index (χ0v) is 13.3. The zero-order valence-electron chi connectivity index (χ0n) is 13.3. The second-order valence-corrected chi connectivity index (χ2v) is 5.63. The number of rotatable bonds is 5. The maximum atomic E-state index is 11.8. The molecule has 0 aromatic heterocycles. The predicted octanol–water partition coefficient (Wildman–Crippen LogP) is 0.874. The summed E-state index contributed by atoms with van der Waals surface area (Å²) in [5.41, 5.74) is 0.525. The zero-order chi connectivity index (χ0) is 16.8. The number of amides is 3. The third-order valence-corrected chi connectivity index (χ3v) is 3.73. The first-order chi connectivity index (χ1) is 11.7. The highest BCUT2D eigenvalue weighted by Crippen LogP contribution is 2.32. The highest BCUT2D eigenvalue weighted by molar-refractivity contribution is 6.01. The van der Waals surface area contributed by atoms with E-state index in [0.717, 1.165) is 19.4 Å². The highest BCUT2D eigenvalue weighted by Gasteiger charge is 2.16. The number of hydrogen-bond donors (Lipinski definition) is 3. The molecule has 2 heterocycles. The number of anilines is 1. The smallest absolute Gasteiger partial charge is 0.325 e. The van der Waals surface area contributed by atoms with Crippen molar-refractivity contribution < 1.29 is 23.8 Å². The molecule has 1 aromatic rings. The summed E-state index contributed by atoms with van der Waals surface area (Å²) in [4.78, 5) is 23.6. The molecule has 2 aliphatic rings. The Morgan fingerprint density at radius 3 is 2.75 bits per heavy atom. The molecule has 3 N–H and O–H groups in total. The molecule has 130 valence electrons. The van der Waals surface area contributed by atoms with E-state index in [0.29, 0.717) is 36.9 Å². The number of nitrogens with one attached hydrogen (secondary N) is 3. The summed E-state index contributed by atoms with van der Waals surface area (Å²) in [7, 11) is 0. The van der Waals surface area contributed by atoms with Gasteiger partial charge < -0.3 is 24.8 Å². The largest absolute Gasteiger partial charge is 0.486 e. The van der Waals surface area contributed by atoms with E-state index in [1.54, 1.807) is 18.2 Å². The van der Waals surface area contributed by atoms with Gasteiger partial charge in [-0.15, -0.1) is 0 Å². The summed E-state index contributed by atoms with van der Waals surface area (Å²) in [5, 5.41) is 7.85. The lowest BCUT2D eigenvalue weighted by Crippen LogP contribution is -2.41. The first kappa shape index (κ1) is 16.5. The Bertz CT molecular complexity index is 601. The summed E-state index contributed by atoms with van der Waals surface area (Å²) in [6.45, 7) is 2.42. The first-order valence-corrected chi connectivity index (χ1v) is 8.03. The number of benzene rings is 1. The molecule has 0 bridgehead atoms. The minimum Gasteiger partial charge on any atom is -0.486 e. The Morgan fingerprint density at radius 2 is 1.96 bits per heavy atom. The van der Waals surface area contributed by atoms with Crippen LogP contribution in [-0.4, -0.2) is 51.0 Å². The molecule has 24 heavy (non-hydrogen) atoms. The fourth-order valence-corrected chi connectivity index (χ4v) is 2.61. The van der Waals surface area contributed by atoms with E-state index < -0.39 is 11.9 Å². The summed E-state index contributed by atoms with van der Waals surface area (Å²) >= 11 is 0. The van der Waals surface area contributed by atoms with Crippen molar-refractivity contribution in [1.82, 2.24) is 10.6 Å². The molecule has 0 radical (unpaired) electrons. The molecule has 1 aromatic carbocycles. The average molecular weight is 335 g/mol. The average Bonchev–Trinajstić information content (AvgIpc) is 3.08. The van der Waals surface area contributed by atoms with Gasteiger partial charge in [0.1, 0.15) is 13.2 Å². The van der Waals surface area contributed by atoms with E-state index in [1.807, 2.05) is 0 Å². The molecule has 1 atom stereocenters. The van der Waals surface area contributed by atoms with Crippen LogP contribution in [0.2, 0.25) is 0 Å². The standard InChI is InChI=1S/C16H21N3O5/c20-15(10-17-9-12-2-1-5-22-12)19-16(21)18-11-3-4-13-14(8-11)24-7-6-23-13/h3-4,8,12,17H,1-2,5-7,9-10H2,(H2,18,19,20,21)/t12-/m1/s1. The molecule has 3 amide bonds. The number of carbonyl (C=O) groups excluding carboxylic acids is 2.